The Morgan fingerprint density at radius 2 is 1.96 bits per heavy atom. The number of hydrogen-bond acceptors (Lipinski definition) is 3. The van der Waals surface area contributed by atoms with Gasteiger partial charge in [0.25, 0.3) is 0 Å². The second-order valence-corrected chi connectivity index (χ2v) is 5.04. The Labute approximate surface area is 134 Å². The van der Waals surface area contributed by atoms with Gasteiger partial charge in [0.15, 0.2) is 5.69 Å². The quantitative estimate of drug-likeness (QED) is 0.786. The van der Waals surface area contributed by atoms with E-state index in [0.717, 1.165) is 10.9 Å². The van der Waals surface area contributed by atoms with Crippen molar-refractivity contribution >= 4 is 5.91 Å². The van der Waals surface area contributed by atoms with E-state index in [4.69, 9.17) is 5.11 Å². The molecule has 0 aliphatic carbocycles. The number of carbonyl (C=O) groups excluding carboxylic acids is 1. The minimum atomic E-state index is -4.67. The molecule has 0 saturated heterocycles. The zero-order valence-corrected chi connectivity index (χ0v) is 12.5. The molecule has 1 aromatic carbocycles. The first-order chi connectivity index (χ1) is 11.3. The predicted octanol–water partition coefficient (Wildman–Crippen LogP) is 1.89. The van der Waals surface area contributed by atoms with Gasteiger partial charge < -0.3 is 10.4 Å². The van der Waals surface area contributed by atoms with Gasteiger partial charge in [0, 0.05) is 30.5 Å². The number of rotatable bonds is 6. The van der Waals surface area contributed by atoms with Crippen molar-refractivity contribution < 1.29 is 27.5 Å². The van der Waals surface area contributed by atoms with Gasteiger partial charge in [-0.15, -0.1) is 0 Å². The van der Waals surface area contributed by atoms with Crippen LogP contribution in [0.3, 0.4) is 0 Å². The van der Waals surface area contributed by atoms with Gasteiger partial charge in [0.05, 0.1) is 0 Å². The van der Waals surface area contributed by atoms with Crippen LogP contribution in [0, 0.1) is 5.82 Å². The SMILES string of the molecule is O=C(Cn1cc(CCO)c(C(F)(F)F)n1)NCc1ccccc1F. The Bertz CT molecular complexity index is 713. The third kappa shape index (κ3) is 4.54. The summed E-state index contributed by atoms with van der Waals surface area (Å²) in [6.07, 6.45) is -3.81. The van der Waals surface area contributed by atoms with E-state index >= 15 is 0 Å². The number of halogens is 4. The van der Waals surface area contributed by atoms with Crippen LogP contribution < -0.4 is 5.32 Å². The molecule has 0 aliphatic heterocycles. The molecule has 130 valence electrons. The van der Waals surface area contributed by atoms with Crippen LogP contribution in [0.2, 0.25) is 0 Å². The largest absolute Gasteiger partial charge is 0.435 e. The lowest BCUT2D eigenvalue weighted by Crippen LogP contribution is -2.27. The standard InChI is InChI=1S/C15H15F4N3O2/c16-12-4-2-1-3-10(12)7-20-13(24)9-22-8-11(5-6-23)14(21-22)15(17,18)19/h1-4,8,23H,5-7,9H2,(H,20,24). The molecule has 0 saturated carbocycles. The van der Waals surface area contributed by atoms with Crippen molar-refractivity contribution in [3.63, 3.8) is 0 Å². The van der Waals surface area contributed by atoms with Crippen molar-refractivity contribution in [3.8, 4) is 0 Å². The number of alkyl halides is 3. The van der Waals surface area contributed by atoms with Crippen LogP contribution in [-0.2, 0) is 30.5 Å². The molecule has 2 rings (SSSR count). The normalized spacial score (nSPS) is 11.5. The van der Waals surface area contributed by atoms with E-state index in [1.165, 1.54) is 18.2 Å². The zero-order chi connectivity index (χ0) is 17.7. The van der Waals surface area contributed by atoms with Crippen molar-refractivity contribution in [2.75, 3.05) is 6.61 Å². The van der Waals surface area contributed by atoms with Crippen LogP contribution in [0.5, 0.6) is 0 Å². The summed E-state index contributed by atoms with van der Waals surface area (Å²) in [5.74, 6) is -1.09. The van der Waals surface area contributed by atoms with Gasteiger partial charge in [-0.2, -0.15) is 18.3 Å². The molecule has 0 atom stereocenters. The second kappa shape index (κ2) is 7.43. The van der Waals surface area contributed by atoms with Crippen molar-refractivity contribution in [2.45, 2.75) is 25.7 Å². The molecular formula is C15H15F4N3O2. The van der Waals surface area contributed by atoms with Gasteiger partial charge in [-0.1, -0.05) is 18.2 Å². The Morgan fingerprint density at radius 3 is 2.58 bits per heavy atom. The monoisotopic (exact) mass is 345 g/mol. The Kier molecular flexibility index (Phi) is 5.55. The van der Waals surface area contributed by atoms with Gasteiger partial charge in [0.1, 0.15) is 12.4 Å². The summed E-state index contributed by atoms with van der Waals surface area (Å²) in [6, 6.07) is 5.84. The average Bonchev–Trinajstić information content (AvgIpc) is 2.89. The van der Waals surface area contributed by atoms with Crippen LogP contribution in [0.15, 0.2) is 30.5 Å². The zero-order valence-electron chi connectivity index (χ0n) is 12.5. The Morgan fingerprint density at radius 1 is 1.25 bits per heavy atom. The number of nitrogens with one attached hydrogen (secondary N) is 1. The summed E-state index contributed by atoms with van der Waals surface area (Å²) in [6.45, 7) is -0.986. The second-order valence-electron chi connectivity index (χ2n) is 5.04. The smallest absolute Gasteiger partial charge is 0.396 e. The summed E-state index contributed by atoms with van der Waals surface area (Å²) in [7, 11) is 0. The Balaban J connectivity index is 2.02. The van der Waals surface area contributed by atoms with Crippen LogP contribution in [0.1, 0.15) is 16.8 Å². The maximum Gasteiger partial charge on any atom is 0.435 e. The fourth-order valence-electron chi connectivity index (χ4n) is 2.12. The third-order valence-corrected chi connectivity index (χ3v) is 3.23. The lowest BCUT2D eigenvalue weighted by molar-refractivity contribution is -0.142. The molecule has 0 bridgehead atoms. The number of nitrogens with zero attached hydrogens (tertiary/aromatic N) is 2. The van der Waals surface area contributed by atoms with Crippen LogP contribution in [0.25, 0.3) is 0 Å². The van der Waals surface area contributed by atoms with Crippen molar-refractivity contribution in [3.05, 3.63) is 53.1 Å². The van der Waals surface area contributed by atoms with E-state index in [1.54, 1.807) is 6.07 Å². The van der Waals surface area contributed by atoms with E-state index < -0.39 is 36.7 Å². The van der Waals surface area contributed by atoms with Gasteiger partial charge in [-0.25, -0.2) is 4.39 Å². The fraction of sp³-hybridized carbons (Fsp3) is 0.333. The van der Waals surface area contributed by atoms with E-state index in [2.05, 4.69) is 10.4 Å². The van der Waals surface area contributed by atoms with Crippen LogP contribution in [-0.4, -0.2) is 27.4 Å². The van der Waals surface area contributed by atoms with E-state index in [1.807, 2.05) is 0 Å². The van der Waals surface area contributed by atoms with Crippen molar-refractivity contribution in [1.29, 1.82) is 0 Å². The number of aliphatic hydroxyl groups is 1. The third-order valence-electron chi connectivity index (χ3n) is 3.23. The predicted molar refractivity (Wildman–Crippen MR) is 76.3 cm³/mol. The van der Waals surface area contributed by atoms with Gasteiger partial charge >= 0.3 is 6.18 Å². The van der Waals surface area contributed by atoms with Gasteiger partial charge in [-0.05, 0) is 12.5 Å². The maximum absolute atomic E-state index is 13.4. The highest BCUT2D eigenvalue weighted by molar-refractivity contribution is 5.75. The first-order valence-electron chi connectivity index (χ1n) is 7.05. The minimum absolute atomic E-state index is 0.0810. The highest BCUT2D eigenvalue weighted by atomic mass is 19.4. The average molecular weight is 345 g/mol. The Hall–Kier alpha value is -2.42. The van der Waals surface area contributed by atoms with Gasteiger partial charge in [0.2, 0.25) is 5.91 Å². The summed E-state index contributed by atoms with van der Waals surface area (Å²) >= 11 is 0. The number of hydrogen-bond donors (Lipinski definition) is 2. The number of aliphatic hydroxyl groups excluding tert-OH is 1. The van der Waals surface area contributed by atoms with Crippen LogP contribution in [0.4, 0.5) is 17.6 Å². The number of aromatic nitrogens is 2. The molecule has 24 heavy (non-hydrogen) atoms. The van der Waals surface area contributed by atoms with E-state index in [-0.39, 0.29) is 24.1 Å². The van der Waals surface area contributed by atoms with Gasteiger partial charge in [-0.3, -0.25) is 9.48 Å². The van der Waals surface area contributed by atoms with Crippen molar-refractivity contribution in [2.24, 2.45) is 0 Å². The van der Waals surface area contributed by atoms with E-state index in [0.29, 0.717) is 0 Å². The molecule has 0 aliphatic rings. The highest BCUT2D eigenvalue weighted by Crippen LogP contribution is 2.30. The molecule has 1 heterocycles. The summed E-state index contributed by atoms with van der Waals surface area (Å²) in [4.78, 5) is 11.8. The molecule has 0 fully saturated rings. The molecule has 0 radical (unpaired) electrons. The summed E-state index contributed by atoms with van der Waals surface area (Å²) in [5.41, 5.74) is -1.05. The highest BCUT2D eigenvalue weighted by Gasteiger charge is 2.37. The molecule has 5 nitrogen and oxygen atoms in total. The molecule has 9 heteroatoms. The van der Waals surface area contributed by atoms with E-state index in [9.17, 15) is 22.4 Å². The molecule has 1 aromatic heterocycles. The maximum atomic E-state index is 13.4. The lowest BCUT2D eigenvalue weighted by atomic mass is 10.2. The molecule has 2 aromatic rings. The first kappa shape index (κ1) is 17.9. The number of carbonyl (C=O) groups is 1. The minimum Gasteiger partial charge on any atom is -0.396 e. The molecular weight excluding hydrogens is 330 g/mol. The fourth-order valence-corrected chi connectivity index (χ4v) is 2.12. The molecule has 2 N–H and O–H groups in total. The molecule has 0 spiro atoms. The van der Waals surface area contributed by atoms with Crippen LogP contribution >= 0.6 is 0 Å². The molecule has 1 amide bonds. The first-order valence-corrected chi connectivity index (χ1v) is 7.05. The summed E-state index contributed by atoms with van der Waals surface area (Å²) < 4.78 is 52.8. The number of benzene rings is 1. The summed E-state index contributed by atoms with van der Waals surface area (Å²) in [5, 5.41) is 14.6. The molecule has 0 unspecified atom stereocenters. The van der Waals surface area contributed by atoms with Crippen molar-refractivity contribution in [1.82, 2.24) is 15.1 Å². The topological polar surface area (TPSA) is 67.2 Å². The lowest BCUT2D eigenvalue weighted by Gasteiger charge is -2.06. The number of amides is 1.